The van der Waals surface area contributed by atoms with Crippen LogP contribution in [0, 0.1) is 6.92 Å². The van der Waals surface area contributed by atoms with E-state index in [-0.39, 0.29) is 45.3 Å². The zero-order valence-electron chi connectivity index (χ0n) is 19.8. The highest BCUT2D eigenvalue weighted by atomic mass is 16.7. The molecule has 0 aromatic heterocycles. The quantitative estimate of drug-likeness (QED) is 0.294. The van der Waals surface area contributed by atoms with Gasteiger partial charge in [0.25, 0.3) is 0 Å². The summed E-state index contributed by atoms with van der Waals surface area (Å²) in [5.41, 5.74) is -0.0941. The molecule has 0 bridgehead atoms. The van der Waals surface area contributed by atoms with Gasteiger partial charge < -0.3 is 49.2 Å². The van der Waals surface area contributed by atoms with Gasteiger partial charge in [0.05, 0.1) is 39.1 Å². The van der Waals surface area contributed by atoms with Crippen molar-refractivity contribution in [3.63, 3.8) is 0 Å². The molecule has 2 aromatic carbocycles. The zero-order chi connectivity index (χ0) is 26.5. The van der Waals surface area contributed by atoms with E-state index in [2.05, 4.69) is 0 Å². The molecule has 194 valence electrons. The summed E-state index contributed by atoms with van der Waals surface area (Å²) in [6.07, 6.45) is -7.98. The largest absolute Gasteiger partial charge is 0.504 e. The minimum absolute atomic E-state index is 0.0195. The Bertz CT molecular complexity index is 1220. The maximum Gasteiger partial charge on any atom is 0.229 e. The molecule has 5 atom stereocenters. The second kappa shape index (κ2) is 9.56. The fourth-order valence-corrected chi connectivity index (χ4v) is 4.50. The van der Waals surface area contributed by atoms with Gasteiger partial charge in [0.1, 0.15) is 24.4 Å². The van der Waals surface area contributed by atoms with E-state index in [9.17, 15) is 35.1 Å². The van der Waals surface area contributed by atoms with Crippen molar-refractivity contribution in [2.24, 2.45) is 0 Å². The van der Waals surface area contributed by atoms with Gasteiger partial charge in [0.15, 0.2) is 28.8 Å². The van der Waals surface area contributed by atoms with Crippen molar-refractivity contribution < 1.29 is 58.8 Å². The van der Waals surface area contributed by atoms with Crippen LogP contribution in [0.5, 0.6) is 28.7 Å². The molecule has 1 heterocycles. The van der Waals surface area contributed by atoms with Gasteiger partial charge in [-0.25, -0.2) is 0 Å². The first-order valence-corrected chi connectivity index (χ1v) is 10.9. The first-order chi connectivity index (χ1) is 17.1. The standard InChI is InChI=1S/C24H26O12/c1-8-5-9-14(23(34-4)21(8)32-2)17(28)13-10(15(9)26)6-11(22(33-3)18(13)29)35-24-20(31)19(30)16(27)12(7-25)36-24/h5-6,12,16,19-20,24-25,27,29-31H,7H2,1-4H3/t12-,16-,19+,20-,24-/m1/s1. The van der Waals surface area contributed by atoms with Crippen molar-refractivity contribution in [3.8, 4) is 28.7 Å². The van der Waals surface area contributed by atoms with E-state index < -0.39 is 54.6 Å². The number of ketones is 2. The van der Waals surface area contributed by atoms with Gasteiger partial charge in [-0.2, -0.15) is 0 Å². The van der Waals surface area contributed by atoms with Crippen LogP contribution >= 0.6 is 0 Å². The number of hydrogen-bond acceptors (Lipinski definition) is 12. The Morgan fingerprint density at radius 2 is 1.44 bits per heavy atom. The Hall–Kier alpha value is -3.42. The predicted octanol–water partition coefficient (Wildman–Crippen LogP) is -0.319. The number of aromatic hydroxyl groups is 1. The monoisotopic (exact) mass is 506 g/mol. The molecule has 36 heavy (non-hydrogen) atoms. The number of aliphatic hydroxyl groups is 4. The number of methoxy groups -OCH3 is 3. The molecule has 1 aliphatic heterocycles. The molecular weight excluding hydrogens is 480 g/mol. The SMILES string of the molecule is COc1c(O[C@@H]2O[C@H](CO)[C@@H](O)[C@H](O)[C@H]2O)cc2c(c1O)C(=O)c1c(cc(C)c(OC)c1OC)C2=O. The van der Waals surface area contributed by atoms with Crippen molar-refractivity contribution in [2.75, 3.05) is 27.9 Å². The summed E-state index contributed by atoms with van der Waals surface area (Å²) in [5, 5.41) is 50.8. The average molecular weight is 506 g/mol. The van der Waals surface area contributed by atoms with Gasteiger partial charge >= 0.3 is 0 Å². The summed E-state index contributed by atoms with van der Waals surface area (Å²) in [5.74, 6) is -2.40. The lowest BCUT2D eigenvalue weighted by atomic mass is 9.81. The lowest BCUT2D eigenvalue weighted by Gasteiger charge is -2.39. The second-order valence-corrected chi connectivity index (χ2v) is 8.34. The van der Waals surface area contributed by atoms with E-state index in [1.807, 2.05) is 0 Å². The molecule has 0 saturated carbocycles. The van der Waals surface area contributed by atoms with E-state index in [4.69, 9.17) is 23.7 Å². The molecule has 1 fully saturated rings. The number of benzene rings is 2. The minimum Gasteiger partial charge on any atom is -0.504 e. The van der Waals surface area contributed by atoms with E-state index in [0.29, 0.717) is 5.56 Å². The van der Waals surface area contributed by atoms with Crippen LogP contribution < -0.4 is 18.9 Å². The number of aryl methyl sites for hydroxylation is 1. The van der Waals surface area contributed by atoms with Gasteiger partial charge in [0, 0.05) is 11.1 Å². The molecular formula is C24H26O12. The van der Waals surface area contributed by atoms with Gasteiger partial charge in [0.2, 0.25) is 17.8 Å². The van der Waals surface area contributed by atoms with Crippen LogP contribution in [0.3, 0.4) is 0 Å². The van der Waals surface area contributed by atoms with Crippen LogP contribution in [0.2, 0.25) is 0 Å². The number of rotatable bonds is 6. The fraction of sp³-hybridized carbons (Fsp3) is 0.417. The highest BCUT2D eigenvalue weighted by molar-refractivity contribution is 6.31. The topological polar surface area (TPSA) is 181 Å². The molecule has 0 amide bonds. The molecule has 1 aliphatic carbocycles. The number of fused-ring (bicyclic) bond motifs is 2. The minimum atomic E-state index is -1.76. The number of carbonyl (C=O) groups excluding carboxylic acids is 2. The number of hydrogen-bond donors (Lipinski definition) is 5. The van der Waals surface area contributed by atoms with Crippen molar-refractivity contribution in [1.29, 1.82) is 0 Å². The molecule has 12 heteroatoms. The summed E-state index contributed by atoms with van der Waals surface area (Å²) in [6.45, 7) is 0.986. The molecule has 1 saturated heterocycles. The maximum absolute atomic E-state index is 13.5. The molecule has 0 spiro atoms. The van der Waals surface area contributed by atoms with Gasteiger partial charge in [-0.05, 0) is 24.6 Å². The molecule has 12 nitrogen and oxygen atoms in total. The summed E-state index contributed by atoms with van der Waals surface area (Å²) in [6, 6.07) is 2.61. The molecule has 5 N–H and O–H groups in total. The number of aliphatic hydroxyl groups excluding tert-OH is 4. The van der Waals surface area contributed by atoms with E-state index in [1.54, 1.807) is 6.92 Å². The Morgan fingerprint density at radius 1 is 0.833 bits per heavy atom. The Morgan fingerprint density at radius 3 is 2.03 bits per heavy atom. The fourth-order valence-electron chi connectivity index (χ4n) is 4.50. The highest BCUT2D eigenvalue weighted by Crippen LogP contribution is 2.48. The Labute approximate surface area is 205 Å². The van der Waals surface area contributed by atoms with Gasteiger partial charge in [-0.3, -0.25) is 9.59 Å². The Balaban J connectivity index is 1.84. The van der Waals surface area contributed by atoms with Gasteiger partial charge in [-0.15, -0.1) is 0 Å². The van der Waals surface area contributed by atoms with Crippen LogP contribution in [-0.2, 0) is 4.74 Å². The molecule has 4 rings (SSSR count). The third kappa shape index (κ3) is 3.74. The first kappa shape index (κ1) is 25.7. The predicted molar refractivity (Wildman–Crippen MR) is 120 cm³/mol. The molecule has 2 aliphatic rings. The summed E-state index contributed by atoms with van der Waals surface area (Å²) >= 11 is 0. The van der Waals surface area contributed by atoms with Crippen molar-refractivity contribution in [2.45, 2.75) is 37.6 Å². The second-order valence-electron chi connectivity index (χ2n) is 8.34. The molecule has 0 radical (unpaired) electrons. The van der Waals surface area contributed by atoms with E-state index >= 15 is 0 Å². The third-order valence-corrected chi connectivity index (χ3v) is 6.29. The van der Waals surface area contributed by atoms with Crippen molar-refractivity contribution in [3.05, 3.63) is 39.9 Å². The number of phenolic OH excluding ortho intramolecular Hbond substituents is 1. The number of carbonyl (C=O) groups is 2. The highest BCUT2D eigenvalue weighted by Gasteiger charge is 2.46. The Kier molecular flexibility index (Phi) is 6.82. The zero-order valence-corrected chi connectivity index (χ0v) is 19.8. The summed E-state index contributed by atoms with van der Waals surface area (Å²) in [4.78, 5) is 27.0. The number of ether oxygens (including phenoxy) is 5. The van der Waals surface area contributed by atoms with Crippen LogP contribution in [-0.4, -0.2) is 95.7 Å². The summed E-state index contributed by atoms with van der Waals surface area (Å²) in [7, 11) is 3.89. The maximum atomic E-state index is 13.5. The molecule has 0 unspecified atom stereocenters. The van der Waals surface area contributed by atoms with E-state index in [1.165, 1.54) is 27.4 Å². The van der Waals surface area contributed by atoms with E-state index in [0.717, 1.165) is 6.07 Å². The van der Waals surface area contributed by atoms with Crippen LogP contribution in [0.1, 0.15) is 37.4 Å². The lowest BCUT2D eigenvalue weighted by molar-refractivity contribution is -0.277. The lowest BCUT2D eigenvalue weighted by Crippen LogP contribution is -2.60. The van der Waals surface area contributed by atoms with Crippen molar-refractivity contribution >= 4 is 11.6 Å². The summed E-state index contributed by atoms with van der Waals surface area (Å²) < 4.78 is 26.9. The van der Waals surface area contributed by atoms with Crippen LogP contribution in [0.25, 0.3) is 0 Å². The first-order valence-electron chi connectivity index (χ1n) is 10.9. The van der Waals surface area contributed by atoms with Crippen LogP contribution in [0.4, 0.5) is 0 Å². The average Bonchev–Trinajstić information content (AvgIpc) is 2.86. The third-order valence-electron chi connectivity index (χ3n) is 6.29. The molecule has 2 aromatic rings. The van der Waals surface area contributed by atoms with Crippen LogP contribution in [0.15, 0.2) is 12.1 Å². The van der Waals surface area contributed by atoms with Crippen molar-refractivity contribution in [1.82, 2.24) is 0 Å². The number of phenols is 1. The smallest absolute Gasteiger partial charge is 0.229 e. The normalized spacial score (nSPS) is 25.2. The van der Waals surface area contributed by atoms with Gasteiger partial charge in [-0.1, -0.05) is 0 Å².